The fourth-order valence-electron chi connectivity index (χ4n) is 2.37. The van der Waals surface area contributed by atoms with Crippen LogP contribution in [0.5, 0.6) is 0 Å². The lowest BCUT2D eigenvalue weighted by molar-refractivity contribution is -0.116. The Balaban J connectivity index is 1.88. The molecule has 0 spiro atoms. The molecule has 1 aromatic rings. The maximum Gasteiger partial charge on any atom is 0.224 e. The summed E-state index contributed by atoms with van der Waals surface area (Å²) in [5, 5.41) is 2.84. The molecule has 1 fully saturated rings. The van der Waals surface area contributed by atoms with Gasteiger partial charge in [0, 0.05) is 19.5 Å². The molecule has 1 aliphatic rings. The molecule has 0 aromatic carbocycles. The quantitative estimate of drug-likeness (QED) is 0.863. The molecule has 110 valence electrons. The van der Waals surface area contributed by atoms with Crippen molar-refractivity contribution in [2.24, 2.45) is 11.7 Å². The van der Waals surface area contributed by atoms with Crippen molar-refractivity contribution in [3.05, 3.63) is 18.3 Å². The van der Waals surface area contributed by atoms with Gasteiger partial charge in [0.2, 0.25) is 5.91 Å². The molecule has 1 amide bonds. The van der Waals surface area contributed by atoms with Crippen molar-refractivity contribution >= 4 is 17.4 Å². The summed E-state index contributed by atoms with van der Waals surface area (Å²) in [6.07, 6.45) is 5.35. The molecule has 5 nitrogen and oxygen atoms in total. The molecule has 2 rings (SSSR count). The number of carbonyl (C=O) groups excluding carboxylic acids is 1. The number of amides is 1. The van der Waals surface area contributed by atoms with Crippen LogP contribution in [0.2, 0.25) is 0 Å². The molecular formula is C15H24N4O. The summed E-state index contributed by atoms with van der Waals surface area (Å²) in [7, 11) is 0. The summed E-state index contributed by atoms with van der Waals surface area (Å²) in [6.45, 7) is 4.97. The average Bonchev–Trinajstić information content (AvgIpc) is 2.47. The number of pyridine rings is 1. The normalized spacial score (nSPS) is 16.2. The monoisotopic (exact) mass is 276 g/mol. The molecule has 3 N–H and O–H groups in total. The van der Waals surface area contributed by atoms with Crippen molar-refractivity contribution in [2.75, 3.05) is 29.9 Å². The lowest BCUT2D eigenvalue weighted by Gasteiger charge is -2.31. The summed E-state index contributed by atoms with van der Waals surface area (Å²) in [4.78, 5) is 18.3. The number of hydrogen-bond acceptors (Lipinski definition) is 4. The van der Waals surface area contributed by atoms with Gasteiger partial charge in [0.25, 0.3) is 0 Å². The second kappa shape index (κ2) is 7.24. The van der Waals surface area contributed by atoms with Gasteiger partial charge in [-0.2, -0.15) is 0 Å². The zero-order valence-electron chi connectivity index (χ0n) is 12.1. The number of aromatic nitrogens is 1. The molecular weight excluding hydrogens is 252 g/mol. The van der Waals surface area contributed by atoms with E-state index in [4.69, 9.17) is 5.73 Å². The minimum Gasteiger partial charge on any atom is -0.357 e. The van der Waals surface area contributed by atoms with Crippen molar-refractivity contribution < 1.29 is 4.79 Å². The molecule has 20 heavy (non-hydrogen) atoms. The second-order valence-electron chi connectivity index (χ2n) is 5.52. The van der Waals surface area contributed by atoms with E-state index < -0.39 is 0 Å². The van der Waals surface area contributed by atoms with Crippen LogP contribution in [0.15, 0.2) is 18.3 Å². The molecule has 0 radical (unpaired) electrons. The number of rotatable bonds is 5. The number of hydrogen-bond donors (Lipinski definition) is 2. The number of nitrogens with one attached hydrogen (secondary N) is 1. The van der Waals surface area contributed by atoms with E-state index in [1.54, 1.807) is 6.20 Å². The third-order valence-corrected chi connectivity index (χ3v) is 3.75. The Morgan fingerprint density at radius 3 is 2.80 bits per heavy atom. The SMILES string of the molecule is CC1CCN(c2ccc(NC(=O)CCCN)cn2)CC1. The minimum atomic E-state index is -0.00297. The van der Waals surface area contributed by atoms with E-state index in [9.17, 15) is 4.79 Å². The molecule has 0 atom stereocenters. The van der Waals surface area contributed by atoms with Crippen LogP contribution in [0.25, 0.3) is 0 Å². The lowest BCUT2D eigenvalue weighted by Crippen LogP contribution is -2.33. The highest BCUT2D eigenvalue weighted by Gasteiger charge is 2.16. The van der Waals surface area contributed by atoms with Gasteiger partial charge in [0.15, 0.2) is 0 Å². The molecule has 0 unspecified atom stereocenters. The summed E-state index contributed by atoms with van der Waals surface area (Å²) < 4.78 is 0. The Morgan fingerprint density at radius 1 is 1.45 bits per heavy atom. The minimum absolute atomic E-state index is 0.00297. The molecule has 0 saturated carbocycles. The van der Waals surface area contributed by atoms with Crippen molar-refractivity contribution in [1.82, 2.24) is 4.98 Å². The van der Waals surface area contributed by atoms with E-state index in [1.165, 1.54) is 12.8 Å². The highest BCUT2D eigenvalue weighted by molar-refractivity contribution is 5.90. The molecule has 1 aromatic heterocycles. The van der Waals surface area contributed by atoms with Crippen LogP contribution in [0.3, 0.4) is 0 Å². The Morgan fingerprint density at radius 2 is 2.20 bits per heavy atom. The standard InChI is InChI=1S/C15H24N4O/c1-12-6-9-19(10-7-12)14-5-4-13(11-17-14)18-15(20)3-2-8-16/h4-5,11-12H,2-3,6-10,16H2,1H3,(H,18,20). The van der Waals surface area contributed by atoms with E-state index in [0.29, 0.717) is 19.4 Å². The van der Waals surface area contributed by atoms with Gasteiger partial charge in [0.05, 0.1) is 11.9 Å². The van der Waals surface area contributed by atoms with Crippen LogP contribution in [-0.2, 0) is 4.79 Å². The highest BCUT2D eigenvalue weighted by Crippen LogP contribution is 2.22. The number of nitrogens with zero attached hydrogens (tertiary/aromatic N) is 2. The summed E-state index contributed by atoms with van der Waals surface area (Å²) in [5.74, 6) is 1.81. The van der Waals surface area contributed by atoms with E-state index in [1.807, 2.05) is 12.1 Å². The fourth-order valence-corrected chi connectivity index (χ4v) is 2.37. The largest absolute Gasteiger partial charge is 0.357 e. The molecule has 0 bridgehead atoms. The maximum absolute atomic E-state index is 11.6. The highest BCUT2D eigenvalue weighted by atomic mass is 16.1. The first-order chi connectivity index (χ1) is 9.69. The lowest BCUT2D eigenvalue weighted by atomic mass is 9.99. The number of piperidine rings is 1. The first-order valence-corrected chi connectivity index (χ1v) is 7.40. The van der Waals surface area contributed by atoms with Crippen molar-refractivity contribution in [2.45, 2.75) is 32.6 Å². The molecule has 1 aliphatic heterocycles. The molecule has 1 saturated heterocycles. The fraction of sp³-hybridized carbons (Fsp3) is 0.600. The van der Waals surface area contributed by atoms with E-state index in [0.717, 1.165) is 30.5 Å². The Kier molecular flexibility index (Phi) is 5.35. The Hall–Kier alpha value is -1.62. The van der Waals surface area contributed by atoms with Crippen LogP contribution in [0, 0.1) is 5.92 Å². The molecule has 5 heteroatoms. The van der Waals surface area contributed by atoms with Crippen LogP contribution >= 0.6 is 0 Å². The van der Waals surface area contributed by atoms with Crippen molar-refractivity contribution in [3.8, 4) is 0 Å². The van der Waals surface area contributed by atoms with E-state index >= 15 is 0 Å². The van der Waals surface area contributed by atoms with Crippen molar-refractivity contribution in [1.29, 1.82) is 0 Å². The van der Waals surface area contributed by atoms with Gasteiger partial charge in [-0.3, -0.25) is 4.79 Å². The van der Waals surface area contributed by atoms with E-state index in [-0.39, 0.29) is 5.91 Å². The Labute approximate surface area is 120 Å². The smallest absolute Gasteiger partial charge is 0.224 e. The number of anilines is 2. The average molecular weight is 276 g/mol. The summed E-state index contributed by atoms with van der Waals surface area (Å²) in [5.41, 5.74) is 6.14. The van der Waals surface area contributed by atoms with Crippen LogP contribution in [0.4, 0.5) is 11.5 Å². The van der Waals surface area contributed by atoms with Gasteiger partial charge in [-0.25, -0.2) is 4.98 Å². The van der Waals surface area contributed by atoms with Crippen molar-refractivity contribution in [3.63, 3.8) is 0 Å². The van der Waals surface area contributed by atoms with Crippen LogP contribution in [-0.4, -0.2) is 30.5 Å². The van der Waals surface area contributed by atoms with E-state index in [2.05, 4.69) is 22.1 Å². The Bertz CT molecular complexity index is 424. The zero-order valence-corrected chi connectivity index (χ0v) is 12.1. The first kappa shape index (κ1) is 14.8. The number of nitrogens with two attached hydrogens (primary N) is 1. The third-order valence-electron chi connectivity index (χ3n) is 3.75. The topological polar surface area (TPSA) is 71.2 Å². The molecule has 0 aliphatic carbocycles. The predicted molar refractivity (Wildman–Crippen MR) is 81.8 cm³/mol. The zero-order chi connectivity index (χ0) is 14.4. The summed E-state index contributed by atoms with van der Waals surface area (Å²) in [6, 6.07) is 3.90. The van der Waals surface area contributed by atoms with Gasteiger partial charge in [-0.1, -0.05) is 6.92 Å². The maximum atomic E-state index is 11.6. The van der Waals surface area contributed by atoms with Crippen LogP contribution in [0.1, 0.15) is 32.6 Å². The second-order valence-corrected chi connectivity index (χ2v) is 5.52. The molecule has 2 heterocycles. The van der Waals surface area contributed by atoms with Crippen LogP contribution < -0.4 is 16.0 Å². The van der Waals surface area contributed by atoms with Gasteiger partial charge < -0.3 is 16.0 Å². The van der Waals surface area contributed by atoms with Gasteiger partial charge >= 0.3 is 0 Å². The number of carbonyl (C=O) groups is 1. The van der Waals surface area contributed by atoms with Gasteiger partial charge in [0.1, 0.15) is 5.82 Å². The first-order valence-electron chi connectivity index (χ1n) is 7.40. The summed E-state index contributed by atoms with van der Waals surface area (Å²) >= 11 is 0. The van der Waals surface area contributed by atoms with Gasteiger partial charge in [-0.15, -0.1) is 0 Å². The third kappa shape index (κ3) is 4.20. The van der Waals surface area contributed by atoms with Gasteiger partial charge in [-0.05, 0) is 43.9 Å². The predicted octanol–water partition coefficient (Wildman–Crippen LogP) is 2.00.